The van der Waals surface area contributed by atoms with Crippen LogP contribution < -0.4 is 0 Å². The molecular formula is C16H28N2O3. The van der Waals surface area contributed by atoms with Gasteiger partial charge in [0.05, 0.1) is 0 Å². The van der Waals surface area contributed by atoms with Crippen molar-refractivity contribution in [3.8, 4) is 0 Å². The van der Waals surface area contributed by atoms with Gasteiger partial charge in [-0.25, -0.2) is 4.79 Å². The Kier molecular flexibility index (Phi) is 4.14. The maximum Gasteiger partial charge on any atom is 0.410 e. The molecule has 21 heavy (non-hydrogen) atoms. The van der Waals surface area contributed by atoms with Gasteiger partial charge < -0.3 is 14.4 Å². The standard InChI is InChI=1S/C16H28N2O3/c1-16(2,3)21-15(19)18-10-12-8-17(9-13(12)11-18)14-4-6-20-7-5-14/h12-14H,4-11H2,1-3H3/t12-,13?/m1/s1. The number of amides is 1. The van der Waals surface area contributed by atoms with Gasteiger partial charge in [0.1, 0.15) is 5.60 Å². The maximum absolute atomic E-state index is 12.1. The Morgan fingerprint density at radius 3 is 2.14 bits per heavy atom. The van der Waals surface area contributed by atoms with Crippen molar-refractivity contribution in [2.75, 3.05) is 39.4 Å². The van der Waals surface area contributed by atoms with Crippen LogP contribution in [-0.2, 0) is 9.47 Å². The van der Waals surface area contributed by atoms with Crippen LogP contribution in [0, 0.1) is 11.8 Å². The van der Waals surface area contributed by atoms with E-state index in [0.29, 0.717) is 17.9 Å². The lowest BCUT2D eigenvalue weighted by atomic mass is 10.0. The zero-order chi connectivity index (χ0) is 15.0. The molecule has 0 aromatic rings. The molecule has 0 aromatic carbocycles. The van der Waals surface area contributed by atoms with E-state index in [1.165, 1.54) is 0 Å². The van der Waals surface area contributed by atoms with Crippen molar-refractivity contribution in [1.82, 2.24) is 9.80 Å². The molecule has 2 atom stereocenters. The molecule has 120 valence electrons. The van der Waals surface area contributed by atoms with Crippen molar-refractivity contribution in [3.63, 3.8) is 0 Å². The van der Waals surface area contributed by atoms with Gasteiger partial charge in [-0.1, -0.05) is 0 Å². The smallest absolute Gasteiger partial charge is 0.410 e. The molecule has 5 heteroatoms. The van der Waals surface area contributed by atoms with Crippen molar-refractivity contribution in [2.24, 2.45) is 11.8 Å². The van der Waals surface area contributed by atoms with E-state index in [1.807, 2.05) is 25.7 Å². The number of hydrogen-bond acceptors (Lipinski definition) is 4. The molecule has 0 aromatic heterocycles. The maximum atomic E-state index is 12.1. The van der Waals surface area contributed by atoms with Gasteiger partial charge >= 0.3 is 6.09 Å². The zero-order valence-corrected chi connectivity index (χ0v) is 13.5. The van der Waals surface area contributed by atoms with Gasteiger partial charge in [-0.15, -0.1) is 0 Å². The van der Waals surface area contributed by atoms with Crippen LogP contribution in [0.3, 0.4) is 0 Å². The van der Waals surface area contributed by atoms with Gasteiger partial charge in [0.15, 0.2) is 0 Å². The number of carbonyl (C=O) groups is 1. The zero-order valence-electron chi connectivity index (χ0n) is 13.5. The van der Waals surface area contributed by atoms with Crippen LogP contribution in [0.15, 0.2) is 0 Å². The van der Waals surface area contributed by atoms with E-state index in [4.69, 9.17) is 9.47 Å². The van der Waals surface area contributed by atoms with E-state index in [-0.39, 0.29) is 6.09 Å². The average Bonchev–Trinajstić information content (AvgIpc) is 2.95. The van der Waals surface area contributed by atoms with Crippen LogP contribution >= 0.6 is 0 Å². The minimum Gasteiger partial charge on any atom is -0.444 e. The van der Waals surface area contributed by atoms with Crippen LogP contribution in [0.5, 0.6) is 0 Å². The molecule has 3 saturated heterocycles. The first-order valence-corrected chi connectivity index (χ1v) is 8.22. The molecule has 3 aliphatic heterocycles. The molecule has 0 bridgehead atoms. The van der Waals surface area contributed by atoms with Gasteiger partial charge in [0, 0.05) is 45.4 Å². The Morgan fingerprint density at radius 1 is 1.05 bits per heavy atom. The molecule has 1 unspecified atom stereocenters. The predicted molar refractivity (Wildman–Crippen MR) is 80.2 cm³/mol. The normalized spacial score (nSPS) is 31.5. The minimum absolute atomic E-state index is 0.144. The molecule has 0 saturated carbocycles. The number of carbonyl (C=O) groups excluding carboxylic acids is 1. The molecule has 0 radical (unpaired) electrons. The quantitative estimate of drug-likeness (QED) is 0.742. The van der Waals surface area contributed by atoms with Crippen molar-refractivity contribution in [2.45, 2.75) is 45.3 Å². The fourth-order valence-corrected chi connectivity index (χ4v) is 3.85. The van der Waals surface area contributed by atoms with Crippen LogP contribution in [0.25, 0.3) is 0 Å². The lowest BCUT2D eigenvalue weighted by molar-refractivity contribution is 0.0238. The molecule has 3 aliphatic rings. The highest BCUT2D eigenvalue weighted by Gasteiger charge is 2.44. The van der Waals surface area contributed by atoms with Gasteiger partial charge in [-0.05, 0) is 45.4 Å². The first-order chi connectivity index (χ1) is 9.92. The van der Waals surface area contributed by atoms with Crippen molar-refractivity contribution in [3.05, 3.63) is 0 Å². The third-order valence-corrected chi connectivity index (χ3v) is 4.87. The minimum atomic E-state index is -0.400. The second-order valence-electron chi connectivity index (χ2n) is 7.70. The molecule has 5 nitrogen and oxygen atoms in total. The topological polar surface area (TPSA) is 42.0 Å². The van der Waals surface area contributed by atoms with Gasteiger partial charge in [0.2, 0.25) is 0 Å². The highest BCUT2D eigenvalue weighted by Crippen LogP contribution is 2.34. The Hall–Kier alpha value is -0.810. The third-order valence-electron chi connectivity index (χ3n) is 4.87. The first-order valence-electron chi connectivity index (χ1n) is 8.22. The van der Waals surface area contributed by atoms with E-state index in [2.05, 4.69) is 4.90 Å². The predicted octanol–water partition coefficient (Wildman–Crippen LogP) is 1.96. The Bertz CT molecular complexity index is 373. The molecule has 3 rings (SSSR count). The van der Waals surface area contributed by atoms with Crippen molar-refractivity contribution >= 4 is 6.09 Å². The van der Waals surface area contributed by atoms with E-state index >= 15 is 0 Å². The summed E-state index contributed by atoms with van der Waals surface area (Å²) in [6.45, 7) is 11.6. The lowest BCUT2D eigenvalue weighted by Crippen LogP contribution is -2.41. The van der Waals surface area contributed by atoms with E-state index in [0.717, 1.165) is 52.2 Å². The summed E-state index contributed by atoms with van der Waals surface area (Å²) >= 11 is 0. The fraction of sp³-hybridized carbons (Fsp3) is 0.938. The summed E-state index contributed by atoms with van der Waals surface area (Å²) in [5.74, 6) is 1.25. The lowest BCUT2D eigenvalue weighted by Gasteiger charge is -2.32. The second-order valence-corrected chi connectivity index (χ2v) is 7.70. The Balaban J connectivity index is 1.50. The van der Waals surface area contributed by atoms with E-state index in [1.54, 1.807) is 0 Å². The van der Waals surface area contributed by atoms with Crippen LogP contribution in [-0.4, -0.2) is 66.9 Å². The molecule has 0 spiro atoms. The molecule has 3 heterocycles. The van der Waals surface area contributed by atoms with Crippen LogP contribution in [0.2, 0.25) is 0 Å². The molecular weight excluding hydrogens is 268 g/mol. The largest absolute Gasteiger partial charge is 0.444 e. The van der Waals surface area contributed by atoms with Crippen molar-refractivity contribution < 1.29 is 14.3 Å². The summed E-state index contributed by atoms with van der Waals surface area (Å²) < 4.78 is 10.9. The van der Waals surface area contributed by atoms with Gasteiger partial charge in [0.25, 0.3) is 0 Å². The van der Waals surface area contributed by atoms with Gasteiger partial charge in [-0.3, -0.25) is 4.90 Å². The Morgan fingerprint density at radius 2 is 1.62 bits per heavy atom. The SMILES string of the molecule is CC(C)(C)OC(=O)N1CC2CN(C3CCOCC3)C[C@@H]2C1. The van der Waals surface area contributed by atoms with Crippen molar-refractivity contribution in [1.29, 1.82) is 0 Å². The average molecular weight is 296 g/mol. The fourth-order valence-electron chi connectivity index (χ4n) is 3.85. The number of rotatable bonds is 1. The number of nitrogens with zero attached hydrogens (tertiary/aromatic N) is 2. The molecule has 0 N–H and O–H groups in total. The molecule has 0 aliphatic carbocycles. The number of likely N-dealkylation sites (tertiary alicyclic amines) is 2. The summed E-state index contributed by atoms with van der Waals surface area (Å²) in [7, 11) is 0. The number of hydrogen-bond donors (Lipinski definition) is 0. The highest BCUT2D eigenvalue weighted by atomic mass is 16.6. The summed E-state index contributed by atoms with van der Waals surface area (Å²) in [5.41, 5.74) is -0.400. The van der Waals surface area contributed by atoms with Crippen LogP contribution in [0.4, 0.5) is 4.79 Å². The summed E-state index contributed by atoms with van der Waals surface area (Å²) in [6, 6.07) is 0.694. The molecule has 1 amide bonds. The van der Waals surface area contributed by atoms with E-state index in [9.17, 15) is 4.79 Å². The number of ether oxygens (including phenoxy) is 2. The first kappa shape index (κ1) is 15.1. The summed E-state index contributed by atoms with van der Waals surface area (Å²) in [5, 5.41) is 0. The highest BCUT2D eigenvalue weighted by molar-refractivity contribution is 5.68. The van der Waals surface area contributed by atoms with Gasteiger partial charge in [-0.2, -0.15) is 0 Å². The summed E-state index contributed by atoms with van der Waals surface area (Å²) in [6.07, 6.45) is 2.18. The van der Waals surface area contributed by atoms with Crippen LogP contribution in [0.1, 0.15) is 33.6 Å². The second kappa shape index (κ2) is 5.76. The Labute approximate surface area is 127 Å². The monoisotopic (exact) mass is 296 g/mol. The number of fused-ring (bicyclic) bond motifs is 1. The third kappa shape index (κ3) is 3.51. The van der Waals surface area contributed by atoms with E-state index < -0.39 is 5.60 Å². The molecule has 3 fully saturated rings. The summed E-state index contributed by atoms with van der Waals surface area (Å²) in [4.78, 5) is 16.7.